The van der Waals surface area contributed by atoms with Gasteiger partial charge in [0.1, 0.15) is 0 Å². The summed E-state index contributed by atoms with van der Waals surface area (Å²) in [6.07, 6.45) is 0.249. The number of hydrogen-bond acceptors (Lipinski definition) is 5. The van der Waals surface area contributed by atoms with Gasteiger partial charge < -0.3 is 26.0 Å². The molecule has 3 atom stereocenters. The molecule has 7 heteroatoms. The highest BCUT2D eigenvalue weighted by molar-refractivity contribution is 5.97. The number of ether oxygens (including phenoxy) is 1. The van der Waals surface area contributed by atoms with Crippen LogP contribution in [0.25, 0.3) is 0 Å². The van der Waals surface area contributed by atoms with Crippen LogP contribution in [0.4, 0.5) is 11.4 Å². The number of hydrogen-bond donors (Lipinski definition) is 3. The van der Waals surface area contributed by atoms with Crippen LogP contribution in [0.2, 0.25) is 0 Å². The summed E-state index contributed by atoms with van der Waals surface area (Å²) in [5.41, 5.74) is 7.46. The Kier molecular flexibility index (Phi) is 6.99. The van der Waals surface area contributed by atoms with Gasteiger partial charge >= 0.3 is 0 Å². The van der Waals surface area contributed by atoms with E-state index in [1.165, 1.54) is 0 Å². The van der Waals surface area contributed by atoms with Crippen LogP contribution in [0.1, 0.15) is 27.7 Å². The lowest BCUT2D eigenvalue weighted by Crippen LogP contribution is -2.46. The second-order valence-electron chi connectivity index (χ2n) is 7.22. The summed E-state index contributed by atoms with van der Waals surface area (Å²) in [6, 6.07) is 7.04. The Labute approximate surface area is 155 Å². The molecule has 1 aliphatic heterocycles. The first kappa shape index (κ1) is 20.2. The van der Waals surface area contributed by atoms with Gasteiger partial charge in [-0.05, 0) is 31.9 Å². The Morgan fingerprint density at radius 2 is 1.85 bits per heavy atom. The Morgan fingerprint density at radius 1 is 1.23 bits per heavy atom. The van der Waals surface area contributed by atoms with Crippen LogP contribution in [-0.4, -0.2) is 49.7 Å². The zero-order valence-corrected chi connectivity index (χ0v) is 16.0. The molecule has 26 heavy (non-hydrogen) atoms. The van der Waals surface area contributed by atoms with Crippen molar-refractivity contribution in [1.29, 1.82) is 0 Å². The van der Waals surface area contributed by atoms with Crippen molar-refractivity contribution in [3.63, 3.8) is 0 Å². The van der Waals surface area contributed by atoms with E-state index in [1.54, 1.807) is 0 Å². The smallest absolute Gasteiger partial charge is 0.243 e. The van der Waals surface area contributed by atoms with Gasteiger partial charge in [-0.3, -0.25) is 9.59 Å². The van der Waals surface area contributed by atoms with Crippen LogP contribution < -0.4 is 21.3 Å². The number of anilines is 2. The van der Waals surface area contributed by atoms with Crippen LogP contribution in [0.5, 0.6) is 0 Å². The summed E-state index contributed by atoms with van der Waals surface area (Å²) < 4.78 is 5.78. The lowest BCUT2D eigenvalue weighted by Gasteiger charge is -2.37. The summed E-state index contributed by atoms with van der Waals surface area (Å²) in [5, 5.41) is 5.47. The number of benzene rings is 1. The zero-order chi connectivity index (χ0) is 19.3. The lowest BCUT2D eigenvalue weighted by molar-refractivity contribution is -0.125. The van der Waals surface area contributed by atoms with Crippen molar-refractivity contribution in [3.05, 3.63) is 24.3 Å². The summed E-state index contributed by atoms with van der Waals surface area (Å²) >= 11 is 0. The predicted molar refractivity (Wildman–Crippen MR) is 103 cm³/mol. The minimum Gasteiger partial charge on any atom is -0.372 e. The number of carbonyl (C=O) groups excluding carboxylic acids is 2. The number of amides is 2. The second kappa shape index (κ2) is 9.00. The van der Waals surface area contributed by atoms with Crippen molar-refractivity contribution < 1.29 is 14.3 Å². The highest BCUT2D eigenvalue weighted by Crippen LogP contribution is 2.28. The summed E-state index contributed by atoms with van der Waals surface area (Å²) in [7, 11) is 0. The number of para-hydroxylation sites is 2. The average molecular weight is 362 g/mol. The third kappa shape index (κ3) is 5.44. The molecule has 7 nitrogen and oxygen atoms in total. The van der Waals surface area contributed by atoms with E-state index in [1.807, 2.05) is 52.0 Å². The van der Waals surface area contributed by atoms with E-state index in [0.29, 0.717) is 0 Å². The molecule has 1 aliphatic rings. The molecule has 2 rings (SSSR count). The molecule has 1 aromatic rings. The molecule has 1 saturated heterocycles. The molecule has 1 fully saturated rings. The number of carbonyl (C=O) groups is 2. The van der Waals surface area contributed by atoms with Crippen LogP contribution >= 0.6 is 0 Å². The Hall–Kier alpha value is -2.12. The van der Waals surface area contributed by atoms with E-state index in [9.17, 15) is 9.59 Å². The minimum absolute atomic E-state index is 0.0177. The topological polar surface area (TPSA) is 96.7 Å². The number of nitrogens with one attached hydrogen (secondary N) is 2. The molecule has 144 valence electrons. The highest BCUT2D eigenvalue weighted by Gasteiger charge is 2.24. The Morgan fingerprint density at radius 3 is 2.46 bits per heavy atom. The molecule has 0 aliphatic carbocycles. The Bertz CT molecular complexity index is 625. The first-order valence-corrected chi connectivity index (χ1v) is 9.10. The number of morpholine rings is 1. The molecule has 0 bridgehead atoms. The maximum Gasteiger partial charge on any atom is 0.243 e. The fraction of sp³-hybridized carbons (Fsp3) is 0.579. The van der Waals surface area contributed by atoms with Crippen LogP contribution in [-0.2, 0) is 14.3 Å². The van der Waals surface area contributed by atoms with Gasteiger partial charge in [0, 0.05) is 13.1 Å². The predicted octanol–water partition coefficient (Wildman–Crippen LogP) is 1.34. The van der Waals surface area contributed by atoms with Crippen LogP contribution in [0.15, 0.2) is 24.3 Å². The fourth-order valence-corrected chi connectivity index (χ4v) is 3.01. The van der Waals surface area contributed by atoms with E-state index in [2.05, 4.69) is 15.5 Å². The van der Waals surface area contributed by atoms with Crippen molar-refractivity contribution in [2.75, 3.05) is 29.9 Å². The highest BCUT2D eigenvalue weighted by atomic mass is 16.5. The largest absolute Gasteiger partial charge is 0.372 e. The van der Waals surface area contributed by atoms with Gasteiger partial charge in [0.05, 0.1) is 36.2 Å². The molecular formula is C19H30N4O3. The van der Waals surface area contributed by atoms with Crippen LogP contribution in [0.3, 0.4) is 0 Å². The molecule has 1 heterocycles. The second-order valence-corrected chi connectivity index (χ2v) is 7.22. The summed E-state index contributed by atoms with van der Waals surface area (Å²) in [6.45, 7) is 9.22. The monoisotopic (exact) mass is 362 g/mol. The quantitative estimate of drug-likeness (QED) is 0.710. The van der Waals surface area contributed by atoms with Gasteiger partial charge in [-0.15, -0.1) is 0 Å². The molecule has 0 spiro atoms. The Balaban J connectivity index is 1.99. The maximum atomic E-state index is 12.3. The van der Waals surface area contributed by atoms with Gasteiger partial charge in [-0.1, -0.05) is 26.0 Å². The maximum absolute atomic E-state index is 12.3. The van der Waals surface area contributed by atoms with Gasteiger partial charge in [0.2, 0.25) is 11.8 Å². The molecule has 0 radical (unpaired) electrons. The van der Waals surface area contributed by atoms with Crippen molar-refractivity contribution >= 4 is 23.2 Å². The fourth-order valence-electron chi connectivity index (χ4n) is 3.01. The van der Waals surface area contributed by atoms with Gasteiger partial charge in [0.25, 0.3) is 0 Å². The molecule has 2 unspecified atom stereocenters. The van der Waals surface area contributed by atoms with E-state index < -0.39 is 6.04 Å². The van der Waals surface area contributed by atoms with Crippen LogP contribution in [0, 0.1) is 5.92 Å². The van der Waals surface area contributed by atoms with Gasteiger partial charge in [-0.2, -0.15) is 0 Å². The van der Waals surface area contributed by atoms with Gasteiger partial charge in [-0.25, -0.2) is 0 Å². The van der Waals surface area contributed by atoms with Crippen molar-refractivity contribution in [1.82, 2.24) is 5.32 Å². The van der Waals surface area contributed by atoms with E-state index in [-0.39, 0.29) is 36.5 Å². The van der Waals surface area contributed by atoms with E-state index in [0.717, 1.165) is 24.5 Å². The SMILES string of the molecule is CC1CN(c2ccccc2NC(=O)CNC(=O)[C@@H](N)C(C)C)CC(C)O1. The van der Waals surface area contributed by atoms with Crippen molar-refractivity contribution in [3.8, 4) is 0 Å². The number of nitrogens with zero attached hydrogens (tertiary/aromatic N) is 1. The number of rotatable bonds is 6. The standard InChI is InChI=1S/C19H30N4O3/c1-12(2)18(20)19(25)21-9-17(24)22-15-7-5-6-8-16(15)23-10-13(3)26-14(4)11-23/h5-8,12-14,18H,9-11,20H2,1-4H3,(H,21,25)(H,22,24)/t13?,14?,18-/m0/s1. The van der Waals surface area contributed by atoms with Crippen molar-refractivity contribution in [2.24, 2.45) is 11.7 Å². The molecule has 1 aromatic carbocycles. The zero-order valence-electron chi connectivity index (χ0n) is 16.0. The molecular weight excluding hydrogens is 332 g/mol. The van der Waals surface area contributed by atoms with E-state index >= 15 is 0 Å². The molecule has 0 saturated carbocycles. The average Bonchev–Trinajstić information content (AvgIpc) is 2.58. The summed E-state index contributed by atoms with van der Waals surface area (Å²) in [5.74, 6) is -0.584. The summed E-state index contributed by atoms with van der Waals surface area (Å²) in [4.78, 5) is 26.4. The molecule has 0 aromatic heterocycles. The number of nitrogens with two attached hydrogens (primary N) is 1. The van der Waals surface area contributed by atoms with E-state index in [4.69, 9.17) is 10.5 Å². The third-order valence-electron chi connectivity index (χ3n) is 4.38. The molecule has 2 amide bonds. The van der Waals surface area contributed by atoms with Crippen molar-refractivity contribution in [2.45, 2.75) is 45.9 Å². The normalized spacial score (nSPS) is 21.4. The first-order chi connectivity index (χ1) is 12.3. The molecule has 4 N–H and O–H groups in total. The third-order valence-corrected chi connectivity index (χ3v) is 4.38. The first-order valence-electron chi connectivity index (χ1n) is 9.10. The van der Waals surface area contributed by atoms with Gasteiger partial charge in [0.15, 0.2) is 0 Å². The minimum atomic E-state index is -0.619. The lowest BCUT2D eigenvalue weighted by atomic mass is 10.1.